The van der Waals surface area contributed by atoms with Gasteiger partial charge in [-0.15, -0.1) is 5.10 Å². The number of anilines is 1. The fraction of sp³-hybridized carbons (Fsp3) is 0.435. The van der Waals surface area contributed by atoms with E-state index in [0.717, 1.165) is 65.2 Å². The third-order valence-electron chi connectivity index (χ3n) is 6.07. The molecule has 2 aromatic heterocycles. The highest BCUT2D eigenvalue weighted by Gasteiger charge is 2.26. The van der Waals surface area contributed by atoms with E-state index in [-0.39, 0.29) is 17.3 Å². The Morgan fingerprint density at radius 1 is 1.32 bits per heavy atom. The van der Waals surface area contributed by atoms with Gasteiger partial charge in [-0.3, -0.25) is 14.7 Å². The molecule has 3 aromatic rings. The SMILES string of the molecule is COc1ccc(C=NNC(=O)c2c(CN3CCCCC3)nnn2-c2nonc2N)cc1CSC1=NCCS1. The first kappa shape index (κ1) is 26.2. The Balaban J connectivity index is 1.32. The van der Waals surface area contributed by atoms with Crippen LogP contribution in [0.3, 0.4) is 0 Å². The molecular weight excluding hydrogens is 528 g/mol. The number of aromatic nitrogens is 5. The molecule has 0 aliphatic carbocycles. The monoisotopic (exact) mass is 556 g/mol. The number of piperidine rings is 1. The number of rotatable bonds is 9. The first-order chi connectivity index (χ1) is 18.6. The summed E-state index contributed by atoms with van der Waals surface area (Å²) < 4.78 is 12.6. The van der Waals surface area contributed by atoms with Crippen molar-refractivity contribution in [2.75, 3.05) is 38.2 Å². The summed E-state index contributed by atoms with van der Waals surface area (Å²) in [5.74, 6) is 2.14. The van der Waals surface area contributed by atoms with Crippen molar-refractivity contribution in [2.24, 2.45) is 10.1 Å². The van der Waals surface area contributed by atoms with E-state index >= 15 is 0 Å². The Bertz CT molecular complexity index is 1330. The molecule has 0 saturated carbocycles. The van der Waals surface area contributed by atoms with Crippen LogP contribution in [-0.4, -0.2) is 79.2 Å². The van der Waals surface area contributed by atoms with Crippen LogP contribution in [0.2, 0.25) is 0 Å². The van der Waals surface area contributed by atoms with E-state index in [2.05, 4.69) is 41.0 Å². The lowest BCUT2D eigenvalue weighted by Gasteiger charge is -2.25. The fourth-order valence-electron chi connectivity index (χ4n) is 4.21. The molecule has 5 rings (SSSR count). The maximum atomic E-state index is 13.3. The summed E-state index contributed by atoms with van der Waals surface area (Å²) in [6.45, 7) is 3.21. The zero-order valence-corrected chi connectivity index (χ0v) is 22.5. The number of nitrogens with two attached hydrogens (primary N) is 1. The Hall–Kier alpha value is -3.43. The zero-order chi connectivity index (χ0) is 26.3. The van der Waals surface area contributed by atoms with E-state index in [9.17, 15) is 4.79 Å². The quantitative estimate of drug-likeness (QED) is 0.294. The van der Waals surface area contributed by atoms with Gasteiger partial charge in [0.15, 0.2) is 5.69 Å². The van der Waals surface area contributed by atoms with Gasteiger partial charge in [-0.05, 0) is 60.0 Å². The first-order valence-corrected chi connectivity index (χ1v) is 14.1. The number of benzene rings is 1. The minimum absolute atomic E-state index is 0.00238. The van der Waals surface area contributed by atoms with Gasteiger partial charge in [0, 0.05) is 23.6 Å². The van der Waals surface area contributed by atoms with Gasteiger partial charge >= 0.3 is 0 Å². The van der Waals surface area contributed by atoms with Crippen molar-refractivity contribution >= 4 is 45.8 Å². The minimum atomic E-state index is -0.499. The first-order valence-electron chi connectivity index (χ1n) is 12.2. The van der Waals surface area contributed by atoms with Crippen molar-refractivity contribution in [3.63, 3.8) is 0 Å². The van der Waals surface area contributed by atoms with Crippen molar-refractivity contribution in [3.05, 3.63) is 40.7 Å². The topological polar surface area (TPSA) is 162 Å². The second-order valence-corrected chi connectivity index (χ2v) is 11.0. The number of likely N-dealkylation sites (tertiary alicyclic amines) is 1. The molecule has 3 N–H and O–H groups in total. The van der Waals surface area contributed by atoms with Crippen molar-refractivity contribution in [1.82, 2.24) is 35.6 Å². The molecule has 0 unspecified atom stereocenters. The number of carbonyl (C=O) groups excluding carboxylic acids is 1. The molecule has 1 aromatic carbocycles. The van der Waals surface area contributed by atoms with Crippen molar-refractivity contribution in [1.29, 1.82) is 0 Å². The van der Waals surface area contributed by atoms with Gasteiger partial charge in [-0.25, -0.2) is 10.1 Å². The van der Waals surface area contributed by atoms with Crippen molar-refractivity contribution in [2.45, 2.75) is 31.6 Å². The normalized spacial score (nSPS) is 16.2. The lowest BCUT2D eigenvalue weighted by molar-refractivity contribution is 0.0944. The van der Waals surface area contributed by atoms with Crippen LogP contribution in [0.15, 0.2) is 32.9 Å². The van der Waals surface area contributed by atoms with Crippen LogP contribution >= 0.6 is 23.5 Å². The maximum absolute atomic E-state index is 13.3. The number of nitrogens with zero attached hydrogens (tertiary/aromatic N) is 8. The summed E-state index contributed by atoms with van der Waals surface area (Å²) in [7, 11) is 1.65. The number of methoxy groups -OCH3 is 1. The molecular formula is C23H28N10O3S2. The third-order valence-corrected chi connectivity index (χ3v) is 8.37. The number of nitrogens with one attached hydrogen (secondary N) is 1. The summed E-state index contributed by atoms with van der Waals surface area (Å²) in [5, 5.41) is 19.9. The molecule has 2 aliphatic heterocycles. The predicted molar refractivity (Wildman–Crippen MR) is 147 cm³/mol. The van der Waals surface area contributed by atoms with Crippen LogP contribution < -0.4 is 15.9 Å². The zero-order valence-electron chi connectivity index (χ0n) is 20.9. The summed E-state index contributed by atoms with van der Waals surface area (Å²) in [6.07, 6.45) is 4.99. The van der Waals surface area contributed by atoms with Gasteiger partial charge in [0.1, 0.15) is 15.8 Å². The molecule has 200 valence electrons. The number of ether oxygens (including phenoxy) is 1. The highest BCUT2D eigenvalue weighted by atomic mass is 32.2. The summed E-state index contributed by atoms with van der Waals surface area (Å²) in [4.78, 5) is 20.0. The maximum Gasteiger partial charge on any atom is 0.292 e. The molecule has 15 heteroatoms. The van der Waals surface area contributed by atoms with Crippen molar-refractivity contribution < 1.29 is 14.2 Å². The number of hydrogen-bond acceptors (Lipinski definition) is 13. The number of thioether (sulfide) groups is 2. The van der Waals surface area contributed by atoms with Crippen LogP contribution in [0.5, 0.6) is 5.75 Å². The minimum Gasteiger partial charge on any atom is -0.496 e. The van der Waals surface area contributed by atoms with Crippen LogP contribution in [-0.2, 0) is 12.3 Å². The lowest BCUT2D eigenvalue weighted by atomic mass is 10.1. The lowest BCUT2D eigenvalue weighted by Crippen LogP contribution is -2.31. The van der Waals surface area contributed by atoms with Crippen LogP contribution in [0.4, 0.5) is 5.82 Å². The standard InChI is InChI=1S/C23H28N10O3S2/c1-35-18-6-5-15(11-16(18)14-38-23-25-7-10-37-23)12-26-28-22(34)19-17(13-32-8-3-2-4-9-32)27-31-33(19)21-20(24)29-36-30-21/h5-6,11-12H,2-4,7-10,13-14H2,1H3,(H2,24,29)(H,28,34). The molecule has 1 saturated heterocycles. The van der Waals surface area contributed by atoms with E-state index < -0.39 is 5.91 Å². The van der Waals surface area contributed by atoms with Gasteiger partial charge in [-0.1, -0.05) is 35.2 Å². The van der Waals surface area contributed by atoms with Gasteiger partial charge in [0.25, 0.3) is 5.91 Å². The molecule has 0 spiro atoms. The number of aliphatic imine (C=N–C) groups is 1. The number of amides is 1. The van der Waals surface area contributed by atoms with E-state index in [1.54, 1.807) is 36.8 Å². The summed E-state index contributed by atoms with van der Waals surface area (Å²) >= 11 is 3.46. The molecule has 0 radical (unpaired) electrons. The molecule has 1 amide bonds. The van der Waals surface area contributed by atoms with E-state index in [1.807, 2.05) is 18.2 Å². The average Bonchev–Trinajstić information content (AvgIpc) is 3.69. The van der Waals surface area contributed by atoms with Crippen LogP contribution in [0.1, 0.15) is 46.6 Å². The number of nitrogen functional groups attached to an aromatic ring is 1. The Morgan fingerprint density at radius 2 is 2.18 bits per heavy atom. The van der Waals surface area contributed by atoms with Crippen LogP contribution in [0.25, 0.3) is 5.82 Å². The van der Waals surface area contributed by atoms with Gasteiger partial charge in [0.2, 0.25) is 11.6 Å². The van der Waals surface area contributed by atoms with Gasteiger partial charge in [-0.2, -0.15) is 9.78 Å². The predicted octanol–water partition coefficient (Wildman–Crippen LogP) is 2.33. The Labute approximate surface area is 227 Å². The number of hydrazone groups is 1. The Kier molecular flexibility index (Phi) is 8.55. The average molecular weight is 557 g/mol. The highest BCUT2D eigenvalue weighted by molar-refractivity contribution is 8.38. The fourth-order valence-corrected chi connectivity index (χ4v) is 6.20. The number of carbonyl (C=O) groups is 1. The second kappa shape index (κ2) is 12.4. The van der Waals surface area contributed by atoms with E-state index in [0.29, 0.717) is 12.2 Å². The smallest absolute Gasteiger partial charge is 0.292 e. The third kappa shape index (κ3) is 6.16. The highest BCUT2D eigenvalue weighted by Crippen LogP contribution is 2.29. The van der Waals surface area contributed by atoms with E-state index in [4.69, 9.17) is 15.1 Å². The van der Waals surface area contributed by atoms with Crippen LogP contribution in [0, 0.1) is 0 Å². The molecule has 0 bridgehead atoms. The Morgan fingerprint density at radius 3 is 2.92 bits per heavy atom. The summed E-state index contributed by atoms with van der Waals surface area (Å²) in [5.41, 5.74) is 11.0. The molecule has 0 atom stereocenters. The second-order valence-electron chi connectivity index (χ2n) is 8.66. The molecule has 2 aliphatic rings. The molecule has 4 heterocycles. The molecule has 13 nitrogen and oxygen atoms in total. The molecule has 38 heavy (non-hydrogen) atoms. The van der Waals surface area contributed by atoms with E-state index in [1.165, 1.54) is 11.1 Å². The largest absolute Gasteiger partial charge is 0.496 e. The number of hydrogen-bond donors (Lipinski definition) is 2. The van der Waals surface area contributed by atoms with Crippen molar-refractivity contribution in [3.8, 4) is 11.6 Å². The molecule has 1 fully saturated rings. The summed E-state index contributed by atoms with van der Waals surface area (Å²) in [6, 6.07) is 5.75. The van der Waals surface area contributed by atoms with Gasteiger partial charge in [0.05, 0.1) is 19.9 Å². The van der Waals surface area contributed by atoms with Gasteiger partial charge < -0.3 is 10.5 Å².